The maximum atomic E-state index is 13.6. The maximum Gasteiger partial charge on any atom is 0.257 e. The number of carbonyl (C=O) groups excluding carboxylic acids is 1. The van der Waals surface area contributed by atoms with E-state index in [-0.39, 0.29) is 23.6 Å². The van der Waals surface area contributed by atoms with Crippen molar-refractivity contribution in [2.75, 3.05) is 13.2 Å². The van der Waals surface area contributed by atoms with Gasteiger partial charge in [0.25, 0.3) is 5.91 Å². The summed E-state index contributed by atoms with van der Waals surface area (Å²) < 4.78 is 45.6. The molecule has 0 aliphatic carbocycles. The number of para-hydroxylation sites is 1. The van der Waals surface area contributed by atoms with Crippen molar-refractivity contribution in [3.63, 3.8) is 0 Å². The van der Waals surface area contributed by atoms with Crippen LogP contribution in [0.3, 0.4) is 0 Å². The van der Waals surface area contributed by atoms with Crippen molar-refractivity contribution in [2.24, 2.45) is 0 Å². The molecular formula is C22H22FNO4S2. The zero-order chi connectivity index (χ0) is 21.7. The molecule has 0 bridgehead atoms. The zero-order valence-electron chi connectivity index (χ0n) is 16.6. The van der Waals surface area contributed by atoms with Crippen LogP contribution in [0.15, 0.2) is 64.9 Å². The summed E-state index contributed by atoms with van der Waals surface area (Å²) in [6, 6.07) is 14.5. The van der Waals surface area contributed by atoms with Gasteiger partial charge in [-0.05, 0) is 60.7 Å². The zero-order valence-corrected chi connectivity index (χ0v) is 18.2. The lowest BCUT2D eigenvalue weighted by Crippen LogP contribution is -2.34. The van der Waals surface area contributed by atoms with E-state index in [0.717, 1.165) is 11.6 Å². The van der Waals surface area contributed by atoms with E-state index >= 15 is 0 Å². The van der Waals surface area contributed by atoms with Crippen LogP contribution in [0.2, 0.25) is 0 Å². The van der Waals surface area contributed by atoms with Gasteiger partial charge in [-0.25, -0.2) is 12.8 Å². The number of amides is 1. The average molecular weight is 448 g/mol. The van der Waals surface area contributed by atoms with E-state index in [1.54, 1.807) is 23.6 Å². The molecule has 3 aromatic rings. The van der Waals surface area contributed by atoms with Gasteiger partial charge in [0.2, 0.25) is 0 Å². The minimum Gasteiger partial charge on any atom is -0.484 e. The Morgan fingerprint density at radius 3 is 2.53 bits per heavy atom. The molecular weight excluding hydrogens is 425 g/mol. The number of rotatable bonds is 8. The normalized spacial score (nSPS) is 12.4. The molecule has 0 aliphatic rings. The van der Waals surface area contributed by atoms with E-state index in [2.05, 4.69) is 5.32 Å². The van der Waals surface area contributed by atoms with Crippen LogP contribution in [0.5, 0.6) is 5.75 Å². The molecule has 30 heavy (non-hydrogen) atoms. The summed E-state index contributed by atoms with van der Waals surface area (Å²) in [6.07, 6.45) is 0. The fourth-order valence-electron chi connectivity index (χ4n) is 2.92. The Morgan fingerprint density at radius 2 is 1.87 bits per heavy atom. The highest BCUT2D eigenvalue weighted by molar-refractivity contribution is 7.91. The molecule has 3 rings (SSSR count). The molecule has 1 amide bonds. The summed E-state index contributed by atoms with van der Waals surface area (Å²) in [7, 11) is -3.84. The second-order valence-electron chi connectivity index (χ2n) is 6.82. The summed E-state index contributed by atoms with van der Waals surface area (Å²) >= 11 is 1.29. The highest BCUT2D eigenvalue weighted by atomic mass is 32.2. The lowest BCUT2D eigenvalue weighted by molar-refractivity contribution is -0.123. The molecule has 0 spiro atoms. The van der Waals surface area contributed by atoms with Gasteiger partial charge in [0.1, 0.15) is 16.8 Å². The molecule has 0 aliphatic heterocycles. The van der Waals surface area contributed by atoms with E-state index in [9.17, 15) is 17.6 Å². The lowest BCUT2D eigenvalue weighted by atomic mass is 10.2. The van der Waals surface area contributed by atoms with Gasteiger partial charge >= 0.3 is 0 Å². The summed E-state index contributed by atoms with van der Waals surface area (Å²) in [4.78, 5) is 12.9. The maximum absolute atomic E-state index is 13.6. The first-order valence-corrected chi connectivity index (χ1v) is 11.7. The molecule has 5 nitrogen and oxygen atoms in total. The Kier molecular flexibility index (Phi) is 6.89. The number of aryl methyl sites for hydroxylation is 2. The quantitative estimate of drug-likeness (QED) is 0.525. The minimum absolute atomic E-state index is 0.0187. The topological polar surface area (TPSA) is 72.5 Å². The predicted molar refractivity (Wildman–Crippen MR) is 115 cm³/mol. The van der Waals surface area contributed by atoms with Gasteiger partial charge < -0.3 is 10.1 Å². The van der Waals surface area contributed by atoms with Gasteiger partial charge in [-0.1, -0.05) is 24.3 Å². The largest absolute Gasteiger partial charge is 0.484 e. The number of halogens is 1. The summed E-state index contributed by atoms with van der Waals surface area (Å²) in [6.45, 7) is 3.05. The van der Waals surface area contributed by atoms with Crippen molar-refractivity contribution in [1.82, 2.24) is 5.32 Å². The monoisotopic (exact) mass is 447 g/mol. The Morgan fingerprint density at radius 1 is 1.10 bits per heavy atom. The third-order valence-electron chi connectivity index (χ3n) is 4.63. The number of thiophene rings is 1. The third-order valence-corrected chi connectivity index (χ3v) is 7.85. The molecule has 0 fully saturated rings. The van der Waals surface area contributed by atoms with Gasteiger partial charge in [-0.15, -0.1) is 11.3 Å². The van der Waals surface area contributed by atoms with Crippen LogP contribution in [0, 0.1) is 19.7 Å². The summed E-state index contributed by atoms with van der Waals surface area (Å²) in [5.74, 6) is -0.301. The van der Waals surface area contributed by atoms with Crippen molar-refractivity contribution < 1.29 is 22.3 Å². The van der Waals surface area contributed by atoms with Crippen molar-refractivity contribution in [1.29, 1.82) is 0 Å². The average Bonchev–Trinajstić information content (AvgIpc) is 3.23. The van der Waals surface area contributed by atoms with Gasteiger partial charge in [0.15, 0.2) is 16.4 Å². The second-order valence-corrected chi connectivity index (χ2v) is 9.93. The van der Waals surface area contributed by atoms with Crippen molar-refractivity contribution in [3.05, 3.63) is 81.8 Å². The molecule has 1 N–H and O–H groups in total. The smallest absolute Gasteiger partial charge is 0.257 e. The number of benzene rings is 2. The molecule has 0 radical (unpaired) electrons. The Bertz CT molecular complexity index is 1130. The summed E-state index contributed by atoms with van der Waals surface area (Å²) in [5.41, 5.74) is 1.15. The molecule has 8 heteroatoms. The number of sulfone groups is 1. The molecule has 158 valence electrons. The SMILES string of the molecule is Cc1cc(S(=O)(=O)[C@@H](CNC(=O)COc2ccccc2C)c2cccs2)ccc1F. The number of hydrogen-bond acceptors (Lipinski definition) is 5. The molecule has 1 heterocycles. The van der Waals surface area contributed by atoms with E-state index in [1.165, 1.54) is 30.4 Å². The van der Waals surface area contributed by atoms with Gasteiger partial charge in [-0.2, -0.15) is 0 Å². The van der Waals surface area contributed by atoms with Crippen LogP contribution in [-0.2, 0) is 14.6 Å². The Labute approximate surface area is 179 Å². The van der Waals surface area contributed by atoms with E-state index in [1.807, 2.05) is 25.1 Å². The number of carbonyl (C=O) groups is 1. The van der Waals surface area contributed by atoms with Gasteiger partial charge in [0, 0.05) is 11.4 Å². The Balaban J connectivity index is 1.74. The summed E-state index contributed by atoms with van der Waals surface area (Å²) in [5, 5.41) is 3.45. The van der Waals surface area contributed by atoms with E-state index in [4.69, 9.17) is 4.74 Å². The molecule has 0 saturated heterocycles. The van der Waals surface area contributed by atoms with Crippen LogP contribution in [-0.4, -0.2) is 27.5 Å². The molecule has 2 aromatic carbocycles. The van der Waals surface area contributed by atoms with Crippen molar-refractivity contribution in [3.8, 4) is 5.75 Å². The first-order chi connectivity index (χ1) is 14.3. The van der Waals surface area contributed by atoms with Crippen LogP contribution >= 0.6 is 11.3 Å². The first kappa shape index (κ1) is 22.0. The molecule has 1 aromatic heterocycles. The first-order valence-electron chi connectivity index (χ1n) is 9.27. The van der Waals surface area contributed by atoms with Crippen molar-refractivity contribution in [2.45, 2.75) is 24.0 Å². The van der Waals surface area contributed by atoms with Gasteiger partial charge in [0.05, 0.1) is 4.90 Å². The fraction of sp³-hybridized carbons (Fsp3) is 0.227. The fourth-order valence-corrected chi connectivity index (χ4v) is 5.78. The van der Waals surface area contributed by atoms with Crippen molar-refractivity contribution >= 4 is 27.1 Å². The number of nitrogens with one attached hydrogen (secondary N) is 1. The second kappa shape index (κ2) is 9.40. The third kappa shape index (κ3) is 5.06. The van der Waals surface area contributed by atoms with Crippen LogP contribution in [0.4, 0.5) is 4.39 Å². The highest BCUT2D eigenvalue weighted by Gasteiger charge is 2.31. The molecule has 1 atom stereocenters. The molecule has 0 saturated carbocycles. The van der Waals surface area contributed by atoms with E-state index < -0.39 is 26.8 Å². The standard InChI is InChI=1S/C22H22FNO4S2/c1-15-6-3-4-7-19(15)28-14-22(25)24-13-21(20-8-5-11-29-20)30(26,27)17-9-10-18(23)16(2)12-17/h3-12,21H,13-14H2,1-2H3,(H,24,25)/t21-/m0/s1. The van der Waals surface area contributed by atoms with Crippen LogP contribution in [0.25, 0.3) is 0 Å². The van der Waals surface area contributed by atoms with Crippen LogP contribution in [0.1, 0.15) is 21.3 Å². The predicted octanol–water partition coefficient (Wildman–Crippen LogP) is 4.21. The number of hydrogen-bond donors (Lipinski definition) is 1. The lowest BCUT2D eigenvalue weighted by Gasteiger charge is -2.18. The number of ether oxygens (including phenoxy) is 1. The van der Waals surface area contributed by atoms with E-state index in [0.29, 0.717) is 10.6 Å². The molecule has 0 unspecified atom stereocenters. The van der Waals surface area contributed by atoms with Gasteiger partial charge in [-0.3, -0.25) is 4.79 Å². The van der Waals surface area contributed by atoms with Crippen LogP contribution < -0.4 is 10.1 Å². The Hall–Kier alpha value is -2.71. The highest BCUT2D eigenvalue weighted by Crippen LogP contribution is 2.32. The minimum atomic E-state index is -3.84.